The first-order valence-corrected chi connectivity index (χ1v) is 10.0. The van der Waals surface area contributed by atoms with Gasteiger partial charge in [-0.2, -0.15) is 13.2 Å². The fourth-order valence-electron chi connectivity index (χ4n) is 4.21. The highest BCUT2D eigenvalue weighted by molar-refractivity contribution is 5.90. The van der Waals surface area contributed by atoms with Crippen LogP contribution in [0.25, 0.3) is 0 Å². The van der Waals surface area contributed by atoms with Gasteiger partial charge in [-0.25, -0.2) is 14.8 Å². The van der Waals surface area contributed by atoms with E-state index in [1.54, 1.807) is 24.7 Å². The van der Waals surface area contributed by atoms with Crippen molar-refractivity contribution >= 4 is 11.9 Å². The van der Waals surface area contributed by atoms with E-state index in [0.29, 0.717) is 19.1 Å². The number of likely N-dealkylation sites (tertiary alicyclic amines) is 1. The van der Waals surface area contributed by atoms with Crippen molar-refractivity contribution < 1.29 is 32.6 Å². The molecule has 0 aromatic carbocycles. The summed E-state index contributed by atoms with van der Waals surface area (Å²) in [5.41, 5.74) is 1.16. The Morgan fingerprint density at radius 1 is 1.22 bits per heavy atom. The van der Waals surface area contributed by atoms with Crippen LogP contribution in [0.4, 0.5) is 13.2 Å². The number of carboxylic acid groups (broad SMARTS) is 1. The van der Waals surface area contributed by atoms with E-state index in [1.165, 1.54) is 6.42 Å². The number of hydrogen-bond acceptors (Lipinski definition) is 6. The molecule has 32 heavy (non-hydrogen) atoms. The van der Waals surface area contributed by atoms with Crippen LogP contribution in [0.5, 0.6) is 0 Å². The second-order valence-corrected chi connectivity index (χ2v) is 7.87. The molecule has 0 spiro atoms. The zero-order valence-electron chi connectivity index (χ0n) is 17.2. The second kappa shape index (κ2) is 10.0. The van der Waals surface area contributed by atoms with E-state index >= 15 is 0 Å². The standard InChI is InChI=1S/C19H22N4O2.C2HF3O2/c24-18(17-21-8-3-9-22-17)23-11-16-5-1-6-19(16,13-23)14-25-12-15-4-2-7-20-10-15;3-2(4,5)1(6)7/h2-4,7-10,16H,1,5-6,11-14H2;(H,6,7)/t16-,19+;/m1./s1. The quantitative estimate of drug-likeness (QED) is 0.744. The van der Waals surface area contributed by atoms with Crippen LogP contribution in [0.1, 0.15) is 35.4 Å². The summed E-state index contributed by atoms with van der Waals surface area (Å²) in [6, 6.07) is 5.67. The van der Waals surface area contributed by atoms with Crippen molar-refractivity contribution in [2.45, 2.75) is 32.0 Å². The molecule has 172 valence electrons. The SMILES string of the molecule is O=C(O)C(F)(F)F.O=C(c1ncccn1)N1C[C@H]2CCC[C@@]2(COCc2cccnc2)C1. The molecule has 2 aromatic rings. The van der Waals surface area contributed by atoms with Gasteiger partial charge in [0.25, 0.3) is 5.91 Å². The first-order valence-electron chi connectivity index (χ1n) is 10.0. The van der Waals surface area contributed by atoms with Crippen molar-refractivity contribution in [2.24, 2.45) is 11.3 Å². The number of alkyl halides is 3. The molecule has 0 bridgehead atoms. The minimum absolute atomic E-state index is 0.0679. The van der Waals surface area contributed by atoms with E-state index < -0.39 is 12.1 Å². The first-order chi connectivity index (χ1) is 15.2. The maximum absolute atomic E-state index is 12.7. The molecule has 2 atom stereocenters. The molecule has 11 heteroatoms. The van der Waals surface area contributed by atoms with Gasteiger partial charge in [0.05, 0.1) is 13.2 Å². The molecular formula is C21H23F3N4O4. The maximum Gasteiger partial charge on any atom is 0.490 e. The van der Waals surface area contributed by atoms with Crippen molar-refractivity contribution in [2.75, 3.05) is 19.7 Å². The zero-order chi connectivity index (χ0) is 23.2. The van der Waals surface area contributed by atoms with Crippen LogP contribution >= 0.6 is 0 Å². The normalized spacial score (nSPS) is 22.1. The molecule has 0 radical (unpaired) electrons. The largest absolute Gasteiger partial charge is 0.490 e. The van der Waals surface area contributed by atoms with E-state index in [1.807, 2.05) is 23.2 Å². The zero-order valence-corrected chi connectivity index (χ0v) is 17.2. The highest BCUT2D eigenvalue weighted by atomic mass is 19.4. The number of carbonyl (C=O) groups is 2. The van der Waals surface area contributed by atoms with Crippen molar-refractivity contribution in [1.82, 2.24) is 19.9 Å². The number of amides is 1. The third-order valence-electron chi connectivity index (χ3n) is 5.71. The topological polar surface area (TPSA) is 106 Å². The molecule has 1 aliphatic heterocycles. The number of fused-ring (bicyclic) bond motifs is 1. The number of nitrogens with zero attached hydrogens (tertiary/aromatic N) is 4. The van der Waals surface area contributed by atoms with Gasteiger partial charge in [0.15, 0.2) is 0 Å². The average Bonchev–Trinajstić information content (AvgIpc) is 3.32. The van der Waals surface area contributed by atoms with E-state index in [-0.39, 0.29) is 17.1 Å². The number of aromatic nitrogens is 3. The number of halogens is 3. The minimum Gasteiger partial charge on any atom is -0.475 e. The molecular weight excluding hydrogens is 429 g/mol. The van der Waals surface area contributed by atoms with Crippen LogP contribution in [-0.4, -0.2) is 62.7 Å². The van der Waals surface area contributed by atoms with Crippen LogP contribution in [-0.2, 0) is 16.1 Å². The Morgan fingerprint density at radius 3 is 2.56 bits per heavy atom. The fourth-order valence-corrected chi connectivity index (χ4v) is 4.21. The van der Waals surface area contributed by atoms with Gasteiger partial charge < -0.3 is 14.7 Å². The Bertz CT molecular complexity index is 914. The highest BCUT2D eigenvalue weighted by Crippen LogP contribution is 2.49. The first kappa shape index (κ1) is 23.6. The number of rotatable bonds is 5. The van der Waals surface area contributed by atoms with Crippen LogP contribution in [0.3, 0.4) is 0 Å². The van der Waals surface area contributed by atoms with Crippen LogP contribution in [0, 0.1) is 11.3 Å². The van der Waals surface area contributed by atoms with Crippen LogP contribution in [0.2, 0.25) is 0 Å². The lowest BCUT2D eigenvalue weighted by molar-refractivity contribution is -0.192. The lowest BCUT2D eigenvalue weighted by Crippen LogP contribution is -2.35. The molecule has 2 aliphatic rings. The van der Waals surface area contributed by atoms with Crippen LogP contribution in [0.15, 0.2) is 43.0 Å². The third kappa shape index (κ3) is 5.78. The molecule has 4 rings (SSSR count). The number of carbonyl (C=O) groups excluding carboxylic acids is 1. The fraction of sp³-hybridized carbons (Fsp3) is 0.476. The summed E-state index contributed by atoms with van der Waals surface area (Å²) in [7, 11) is 0. The summed E-state index contributed by atoms with van der Waals surface area (Å²) in [5.74, 6) is -2.03. The van der Waals surface area contributed by atoms with Crippen LogP contribution < -0.4 is 0 Å². The molecule has 8 nitrogen and oxygen atoms in total. The van der Waals surface area contributed by atoms with Crippen molar-refractivity contribution in [3.8, 4) is 0 Å². The van der Waals surface area contributed by atoms with Gasteiger partial charge in [0, 0.05) is 43.3 Å². The Morgan fingerprint density at radius 2 is 1.94 bits per heavy atom. The van der Waals surface area contributed by atoms with Gasteiger partial charge in [-0.3, -0.25) is 9.78 Å². The molecule has 0 unspecified atom stereocenters. The summed E-state index contributed by atoms with van der Waals surface area (Å²) < 4.78 is 37.8. The van der Waals surface area contributed by atoms with E-state index in [4.69, 9.17) is 14.6 Å². The smallest absolute Gasteiger partial charge is 0.475 e. The lowest BCUT2D eigenvalue weighted by atomic mass is 9.81. The van der Waals surface area contributed by atoms with Crippen molar-refractivity contribution in [3.05, 3.63) is 54.4 Å². The van der Waals surface area contributed by atoms with Gasteiger partial charge in [-0.05, 0) is 36.5 Å². The molecule has 2 fully saturated rings. The number of ether oxygens (including phenoxy) is 1. The summed E-state index contributed by atoms with van der Waals surface area (Å²) in [4.78, 5) is 35.8. The summed E-state index contributed by atoms with van der Waals surface area (Å²) >= 11 is 0. The van der Waals surface area contributed by atoms with Gasteiger partial charge >= 0.3 is 12.1 Å². The monoisotopic (exact) mass is 452 g/mol. The van der Waals surface area contributed by atoms with E-state index in [9.17, 15) is 18.0 Å². The molecule has 1 saturated carbocycles. The molecule has 1 N–H and O–H groups in total. The number of carboxylic acids is 1. The summed E-state index contributed by atoms with van der Waals surface area (Å²) in [6.07, 6.45) is 5.24. The predicted molar refractivity (Wildman–Crippen MR) is 105 cm³/mol. The van der Waals surface area contributed by atoms with Crippen molar-refractivity contribution in [1.29, 1.82) is 0 Å². The Labute approximate surface area is 182 Å². The summed E-state index contributed by atoms with van der Waals surface area (Å²) in [5, 5.41) is 7.12. The molecule has 1 saturated heterocycles. The molecule has 2 aromatic heterocycles. The summed E-state index contributed by atoms with van der Waals surface area (Å²) in [6.45, 7) is 2.78. The van der Waals surface area contributed by atoms with Gasteiger partial charge in [0.1, 0.15) is 0 Å². The second-order valence-electron chi connectivity index (χ2n) is 7.87. The van der Waals surface area contributed by atoms with Crippen molar-refractivity contribution in [3.63, 3.8) is 0 Å². The maximum atomic E-state index is 12.7. The van der Waals surface area contributed by atoms with E-state index in [2.05, 4.69) is 15.0 Å². The average molecular weight is 452 g/mol. The van der Waals surface area contributed by atoms with Gasteiger partial charge in [-0.1, -0.05) is 12.5 Å². The third-order valence-corrected chi connectivity index (χ3v) is 5.71. The number of pyridine rings is 1. The van der Waals surface area contributed by atoms with Gasteiger partial charge in [0.2, 0.25) is 5.82 Å². The predicted octanol–water partition coefficient (Wildman–Crippen LogP) is 2.96. The molecule has 1 aliphatic carbocycles. The Hall–Kier alpha value is -3.08. The number of aliphatic carboxylic acids is 1. The van der Waals surface area contributed by atoms with E-state index in [0.717, 1.165) is 31.5 Å². The molecule has 3 heterocycles. The Kier molecular flexibility index (Phi) is 7.39. The van der Waals surface area contributed by atoms with Gasteiger partial charge in [-0.15, -0.1) is 0 Å². The number of hydrogen-bond donors (Lipinski definition) is 1. The minimum atomic E-state index is -5.08. The lowest BCUT2D eigenvalue weighted by Gasteiger charge is -2.28. The molecule has 1 amide bonds. The highest BCUT2D eigenvalue weighted by Gasteiger charge is 2.51. The Balaban J connectivity index is 0.000000360.